The Kier molecular flexibility index (Phi) is 5.18. The van der Waals surface area contributed by atoms with Crippen molar-refractivity contribution in [1.29, 1.82) is 0 Å². The van der Waals surface area contributed by atoms with E-state index < -0.39 is 15.7 Å². The van der Waals surface area contributed by atoms with E-state index in [-0.39, 0.29) is 18.0 Å². The molecule has 0 spiro atoms. The molecular formula is C12H15N3O5. The van der Waals surface area contributed by atoms with Gasteiger partial charge >= 0.3 is 6.09 Å². The molecule has 0 atom stereocenters. The molecule has 0 fully saturated rings. The Hall–Kier alpha value is -2.45. The molecule has 0 aromatic heterocycles. The highest BCUT2D eigenvalue weighted by molar-refractivity contribution is 5.87. The normalized spacial score (nSPS) is 11.3. The van der Waals surface area contributed by atoms with Crippen molar-refractivity contribution >= 4 is 17.5 Å². The van der Waals surface area contributed by atoms with Gasteiger partial charge in [-0.15, -0.1) is 0 Å². The van der Waals surface area contributed by atoms with Crippen LogP contribution in [-0.4, -0.2) is 36.4 Å². The van der Waals surface area contributed by atoms with Crippen molar-refractivity contribution in [2.75, 3.05) is 26.0 Å². The van der Waals surface area contributed by atoms with E-state index in [1.807, 2.05) is 0 Å². The second kappa shape index (κ2) is 6.64. The molecule has 0 unspecified atom stereocenters. The number of carbonyl (C=O) groups is 1. The first-order valence-corrected chi connectivity index (χ1v) is 5.69. The number of anilines is 1. The first kappa shape index (κ1) is 15.6. The van der Waals surface area contributed by atoms with Gasteiger partial charge < -0.3 is 14.6 Å². The number of hydroxylamine groups is 3. The van der Waals surface area contributed by atoms with E-state index in [0.717, 1.165) is 0 Å². The number of hydrogen-bond acceptors (Lipinski definition) is 5. The fourth-order valence-corrected chi connectivity index (χ4v) is 1.31. The second-order valence-corrected chi connectivity index (χ2v) is 4.32. The highest BCUT2D eigenvalue weighted by atomic mass is 16.6. The predicted molar refractivity (Wildman–Crippen MR) is 72.7 cm³/mol. The third kappa shape index (κ3) is 5.46. The summed E-state index contributed by atoms with van der Waals surface area (Å²) in [6, 6.07) is 5.71. The van der Waals surface area contributed by atoms with Gasteiger partial charge in [-0.1, -0.05) is 12.1 Å². The number of quaternary nitrogens is 1. The molecule has 1 aromatic rings. The largest absolute Gasteiger partial charge is 0.628 e. The van der Waals surface area contributed by atoms with Gasteiger partial charge in [0.05, 0.1) is 25.2 Å². The summed E-state index contributed by atoms with van der Waals surface area (Å²) in [5.74, 6) is 0. The van der Waals surface area contributed by atoms with Crippen LogP contribution in [0.3, 0.4) is 0 Å². The summed E-state index contributed by atoms with van der Waals surface area (Å²) in [6.45, 7) is -0.101. The lowest BCUT2D eigenvalue weighted by atomic mass is 10.3. The Labute approximate surface area is 115 Å². The molecule has 0 saturated carbocycles. The lowest BCUT2D eigenvalue weighted by Crippen LogP contribution is -2.24. The van der Waals surface area contributed by atoms with Crippen LogP contribution in [-0.2, 0) is 4.74 Å². The van der Waals surface area contributed by atoms with Gasteiger partial charge in [-0.25, -0.2) is 4.79 Å². The van der Waals surface area contributed by atoms with Gasteiger partial charge in [-0.05, 0) is 6.07 Å². The highest BCUT2D eigenvalue weighted by Gasteiger charge is 2.14. The topological polar surface area (TPSA) is 105 Å². The molecule has 0 aliphatic rings. The minimum absolute atomic E-state index is 0.0476. The van der Waals surface area contributed by atoms with Crippen molar-refractivity contribution in [3.05, 3.63) is 51.9 Å². The summed E-state index contributed by atoms with van der Waals surface area (Å²) in [4.78, 5) is 21.6. The minimum atomic E-state index is -0.833. The Bertz CT molecular complexity index is 522. The molecular weight excluding hydrogens is 266 g/mol. The number of ether oxygens (including phenoxy) is 1. The fourth-order valence-electron chi connectivity index (χ4n) is 1.31. The molecule has 1 rings (SSSR count). The summed E-state index contributed by atoms with van der Waals surface area (Å²) in [5, 5.41) is 24.2. The molecule has 108 valence electrons. The summed E-state index contributed by atoms with van der Waals surface area (Å²) < 4.78 is 4.12. The van der Waals surface area contributed by atoms with Crippen molar-refractivity contribution in [2.24, 2.45) is 0 Å². The van der Waals surface area contributed by atoms with Crippen molar-refractivity contribution < 1.29 is 19.1 Å². The number of nitro benzene ring substituents is 1. The first-order chi connectivity index (χ1) is 9.29. The molecule has 1 N–H and O–H groups in total. The number of nitro groups is 1. The number of nitrogens with zero attached hydrogens (tertiary/aromatic N) is 2. The second-order valence-electron chi connectivity index (χ2n) is 4.32. The van der Waals surface area contributed by atoms with E-state index in [9.17, 15) is 20.1 Å². The van der Waals surface area contributed by atoms with Gasteiger partial charge in [0.25, 0.3) is 5.69 Å². The number of rotatable bonds is 5. The van der Waals surface area contributed by atoms with Crippen LogP contribution in [0, 0.1) is 15.3 Å². The molecule has 0 saturated heterocycles. The molecule has 0 heterocycles. The number of para-hydroxylation sites is 2. The average Bonchev–Trinajstić information content (AvgIpc) is 2.34. The predicted octanol–water partition coefficient (Wildman–Crippen LogP) is 2.23. The molecule has 0 aliphatic heterocycles. The molecule has 1 aromatic carbocycles. The van der Waals surface area contributed by atoms with Gasteiger partial charge in [0.1, 0.15) is 12.3 Å². The van der Waals surface area contributed by atoms with Gasteiger partial charge in [-0.3, -0.25) is 15.4 Å². The molecule has 1 amide bonds. The Morgan fingerprint density at radius 2 is 2.10 bits per heavy atom. The average molecular weight is 281 g/mol. The maximum atomic E-state index is 11.4. The van der Waals surface area contributed by atoms with Gasteiger partial charge in [0.15, 0.2) is 0 Å². The van der Waals surface area contributed by atoms with Crippen LogP contribution in [0.15, 0.2) is 36.5 Å². The van der Waals surface area contributed by atoms with Gasteiger partial charge in [-0.2, -0.15) is 0 Å². The zero-order valence-electron chi connectivity index (χ0n) is 11.1. The first-order valence-electron chi connectivity index (χ1n) is 5.69. The van der Waals surface area contributed by atoms with E-state index in [1.54, 1.807) is 6.07 Å². The fraction of sp³-hybridized carbons (Fsp3) is 0.250. The number of amides is 1. The lowest BCUT2D eigenvalue weighted by molar-refractivity contribution is -0.785. The molecule has 8 nitrogen and oxygen atoms in total. The minimum Gasteiger partial charge on any atom is -0.628 e. The third-order valence-corrected chi connectivity index (χ3v) is 2.11. The van der Waals surface area contributed by atoms with Gasteiger partial charge in [0, 0.05) is 12.1 Å². The van der Waals surface area contributed by atoms with E-state index in [2.05, 4.69) is 5.32 Å². The van der Waals surface area contributed by atoms with Crippen LogP contribution in [0.5, 0.6) is 0 Å². The van der Waals surface area contributed by atoms with E-state index >= 15 is 0 Å². The molecule has 8 heteroatoms. The lowest BCUT2D eigenvalue weighted by Gasteiger charge is -2.28. The number of carbonyl (C=O) groups excluding carboxylic acids is 1. The van der Waals surface area contributed by atoms with Crippen LogP contribution in [0.2, 0.25) is 0 Å². The van der Waals surface area contributed by atoms with Crippen molar-refractivity contribution in [1.82, 2.24) is 0 Å². The maximum absolute atomic E-state index is 11.4. The number of hydrogen-bond donors (Lipinski definition) is 1. The zero-order valence-corrected chi connectivity index (χ0v) is 11.1. The van der Waals surface area contributed by atoms with Crippen LogP contribution >= 0.6 is 0 Å². The van der Waals surface area contributed by atoms with E-state index in [1.165, 1.54) is 44.6 Å². The molecule has 0 bridgehead atoms. The standard InChI is InChI=1S/C12H15N3O5/c1-15(2,19)8-5-9-20-12(16)13-10-6-3-4-7-11(10)14(17)18/h3-8H,9H2,1-2H3,(H,13,16)/b8-5+. The van der Waals surface area contributed by atoms with E-state index in [4.69, 9.17) is 4.74 Å². The SMILES string of the molecule is C[N+](C)([O-])/C=C/COC(=O)Nc1ccccc1[N+](=O)[O-]. The molecule has 0 radical (unpaired) electrons. The maximum Gasteiger partial charge on any atom is 0.412 e. The number of nitrogens with one attached hydrogen (secondary N) is 1. The van der Waals surface area contributed by atoms with Crippen LogP contribution in [0.25, 0.3) is 0 Å². The third-order valence-electron chi connectivity index (χ3n) is 2.11. The van der Waals surface area contributed by atoms with Crippen LogP contribution in [0.1, 0.15) is 0 Å². The van der Waals surface area contributed by atoms with E-state index in [0.29, 0.717) is 0 Å². The summed E-state index contributed by atoms with van der Waals surface area (Å²) in [6.07, 6.45) is 1.87. The quantitative estimate of drug-likeness (QED) is 0.506. The summed E-state index contributed by atoms with van der Waals surface area (Å²) in [5.41, 5.74) is -0.177. The Balaban J connectivity index is 2.55. The van der Waals surface area contributed by atoms with Gasteiger partial charge in [0.2, 0.25) is 0 Å². The van der Waals surface area contributed by atoms with Crippen molar-refractivity contribution in [3.8, 4) is 0 Å². The Morgan fingerprint density at radius 1 is 1.45 bits per heavy atom. The van der Waals surface area contributed by atoms with Crippen LogP contribution in [0.4, 0.5) is 16.2 Å². The number of benzene rings is 1. The molecule has 0 aliphatic carbocycles. The van der Waals surface area contributed by atoms with Crippen molar-refractivity contribution in [2.45, 2.75) is 0 Å². The summed E-state index contributed by atoms with van der Waals surface area (Å²) in [7, 11) is 2.81. The van der Waals surface area contributed by atoms with Crippen LogP contribution < -0.4 is 5.32 Å². The molecule has 20 heavy (non-hydrogen) atoms. The Morgan fingerprint density at radius 3 is 2.70 bits per heavy atom. The smallest absolute Gasteiger partial charge is 0.412 e. The summed E-state index contributed by atoms with van der Waals surface area (Å²) >= 11 is 0. The highest BCUT2D eigenvalue weighted by Crippen LogP contribution is 2.23. The zero-order chi connectivity index (χ0) is 15.2. The monoisotopic (exact) mass is 281 g/mol. The van der Waals surface area contributed by atoms with Crippen molar-refractivity contribution in [3.63, 3.8) is 0 Å².